The van der Waals surface area contributed by atoms with Crippen LogP contribution in [0.5, 0.6) is 0 Å². The molecular weight excluding hydrogens is 360 g/mol. The van der Waals surface area contributed by atoms with Crippen LogP contribution >= 0.6 is 0 Å². The minimum absolute atomic E-state index is 0.0462. The van der Waals surface area contributed by atoms with Gasteiger partial charge < -0.3 is 30.6 Å². The fraction of sp³-hybridized carbons (Fsp3) is 0.571. The number of rotatable bonds is 13. The molecule has 0 atom stereocenters. The Labute approximate surface area is 145 Å². The number of carbonyl (C=O) groups is 6. The Kier molecular flexibility index (Phi) is 7.71. The van der Waals surface area contributed by atoms with Gasteiger partial charge in [-0.2, -0.15) is 0 Å². The quantitative estimate of drug-likeness (QED) is 0.181. The van der Waals surface area contributed by atoms with Crippen molar-refractivity contribution >= 4 is 35.8 Å². The van der Waals surface area contributed by atoms with E-state index in [9.17, 15) is 39.0 Å². The van der Waals surface area contributed by atoms with Crippen LogP contribution in [-0.2, 0) is 28.8 Å². The highest BCUT2D eigenvalue weighted by atomic mass is 16.4. The molecule has 0 aromatic heterocycles. The summed E-state index contributed by atoms with van der Waals surface area (Å²) < 4.78 is 0. The maximum Gasteiger partial charge on any atom is 0.334 e. The molecule has 0 rings (SSSR count). The SMILES string of the molecule is O=C(O)CCCCCCC(C(=O)O)(C(=O)O)C(C(=O)O)(C(=O)O)C(=O)O. The molecule has 0 amide bonds. The van der Waals surface area contributed by atoms with Gasteiger partial charge in [-0.05, 0) is 12.8 Å². The summed E-state index contributed by atoms with van der Waals surface area (Å²) in [6.45, 7) is 0. The summed E-state index contributed by atoms with van der Waals surface area (Å²) in [4.78, 5) is 67.8. The van der Waals surface area contributed by atoms with Crippen LogP contribution in [0.1, 0.15) is 38.5 Å². The van der Waals surface area contributed by atoms with Crippen LogP contribution in [0.4, 0.5) is 0 Å². The lowest BCUT2D eigenvalue weighted by atomic mass is 9.60. The Hall–Kier alpha value is -3.18. The molecule has 12 heteroatoms. The fourth-order valence-corrected chi connectivity index (χ4v) is 2.66. The van der Waals surface area contributed by atoms with E-state index in [4.69, 9.17) is 20.4 Å². The fourth-order valence-electron chi connectivity index (χ4n) is 2.66. The minimum atomic E-state index is -4.15. The topological polar surface area (TPSA) is 224 Å². The molecule has 0 aromatic carbocycles. The predicted molar refractivity (Wildman–Crippen MR) is 78.4 cm³/mol. The second kappa shape index (κ2) is 8.78. The van der Waals surface area contributed by atoms with Gasteiger partial charge in [-0.15, -0.1) is 0 Å². The summed E-state index contributed by atoms with van der Waals surface area (Å²) in [5.41, 5.74) is -7.81. The largest absolute Gasteiger partial charge is 0.481 e. The third kappa shape index (κ3) is 3.90. The van der Waals surface area contributed by atoms with Gasteiger partial charge in [-0.25, -0.2) is 0 Å². The van der Waals surface area contributed by atoms with E-state index in [0.29, 0.717) is 0 Å². The zero-order valence-corrected chi connectivity index (χ0v) is 13.4. The molecule has 146 valence electrons. The van der Waals surface area contributed by atoms with Crippen LogP contribution in [-0.4, -0.2) is 66.5 Å². The summed E-state index contributed by atoms with van der Waals surface area (Å²) in [7, 11) is 0. The van der Waals surface area contributed by atoms with Gasteiger partial charge in [-0.3, -0.25) is 28.8 Å². The van der Waals surface area contributed by atoms with Crippen LogP contribution in [0.2, 0.25) is 0 Å². The van der Waals surface area contributed by atoms with Crippen LogP contribution in [0.25, 0.3) is 0 Å². The van der Waals surface area contributed by atoms with Crippen molar-refractivity contribution in [3.8, 4) is 0 Å². The van der Waals surface area contributed by atoms with Crippen LogP contribution in [0.15, 0.2) is 0 Å². The molecule has 0 saturated carbocycles. The maximum atomic E-state index is 11.6. The molecule has 0 aromatic rings. The summed E-state index contributed by atoms with van der Waals surface area (Å²) in [5.74, 6) is -13.8. The molecule has 0 unspecified atom stereocenters. The molecule has 0 heterocycles. The number of carboxylic acids is 6. The molecule has 0 aliphatic heterocycles. The van der Waals surface area contributed by atoms with E-state index in [0.717, 1.165) is 0 Å². The number of carboxylic acid groups (broad SMARTS) is 6. The monoisotopic (exact) mass is 378 g/mol. The lowest BCUT2D eigenvalue weighted by Gasteiger charge is -2.35. The van der Waals surface area contributed by atoms with Gasteiger partial charge in [0.05, 0.1) is 0 Å². The number of aliphatic carboxylic acids is 6. The normalized spacial score (nSPS) is 11.5. The van der Waals surface area contributed by atoms with E-state index < -0.39 is 53.1 Å². The molecule has 12 nitrogen and oxygen atoms in total. The lowest BCUT2D eigenvalue weighted by Crippen LogP contribution is -2.65. The van der Waals surface area contributed by atoms with Crippen molar-refractivity contribution in [1.82, 2.24) is 0 Å². The van der Waals surface area contributed by atoms with Crippen molar-refractivity contribution in [3.63, 3.8) is 0 Å². The molecule has 0 spiro atoms. The molecule has 0 bridgehead atoms. The smallest absolute Gasteiger partial charge is 0.334 e. The maximum absolute atomic E-state index is 11.6. The van der Waals surface area contributed by atoms with Gasteiger partial charge in [0.15, 0.2) is 0 Å². The van der Waals surface area contributed by atoms with Crippen molar-refractivity contribution in [2.45, 2.75) is 38.5 Å². The van der Waals surface area contributed by atoms with E-state index in [1.54, 1.807) is 0 Å². The first-order valence-corrected chi connectivity index (χ1v) is 7.27. The van der Waals surface area contributed by atoms with Crippen molar-refractivity contribution in [1.29, 1.82) is 0 Å². The van der Waals surface area contributed by atoms with E-state index >= 15 is 0 Å². The molecule has 0 aliphatic rings. The van der Waals surface area contributed by atoms with Gasteiger partial charge in [0.1, 0.15) is 0 Å². The Bertz CT molecular complexity index is 569. The molecular formula is C14H18O12. The Morgan fingerprint density at radius 3 is 1.23 bits per heavy atom. The first-order valence-electron chi connectivity index (χ1n) is 7.27. The summed E-state index contributed by atoms with van der Waals surface area (Å²) in [6.07, 6.45) is -1.20. The van der Waals surface area contributed by atoms with Gasteiger partial charge in [0, 0.05) is 6.42 Å². The molecule has 0 saturated heterocycles. The zero-order valence-electron chi connectivity index (χ0n) is 13.4. The highest BCUT2D eigenvalue weighted by Crippen LogP contribution is 2.46. The third-order valence-corrected chi connectivity index (χ3v) is 4.03. The summed E-state index contributed by atoms with van der Waals surface area (Å²) >= 11 is 0. The second-order valence-corrected chi connectivity index (χ2v) is 5.49. The zero-order chi connectivity index (χ0) is 20.7. The van der Waals surface area contributed by atoms with Crippen LogP contribution in [0, 0.1) is 10.8 Å². The van der Waals surface area contributed by atoms with E-state index in [1.165, 1.54) is 0 Å². The standard InChI is InChI=1S/C14H18O12/c15-7(16)5-3-1-2-4-6-13(8(17)18,9(19)20)14(10(21)22,11(23)24)12(25)26/h1-6H2,(H,15,16)(H,17,18)(H,19,20)(H,21,22)(H,23,24)(H,25,26). The second-order valence-electron chi connectivity index (χ2n) is 5.49. The van der Waals surface area contributed by atoms with E-state index in [1.807, 2.05) is 0 Å². The van der Waals surface area contributed by atoms with Crippen molar-refractivity contribution < 1.29 is 59.4 Å². The highest BCUT2D eigenvalue weighted by molar-refractivity contribution is 6.24. The number of hydrogen-bond donors (Lipinski definition) is 6. The Balaban J connectivity index is 5.90. The average molecular weight is 378 g/mol. The Morgan fingerprint density at radius 2 is 0.923 bits per heavy atom. The molecule has 6 N–H and O–H groups in total. The van der Waals surface area contributed by atoms with Gasteiger partial charge in [0.2, 0.25) is 5.41 Å². The van der Waals surface area contributed by atoms with Gasteiger partial charge in [-0.1, -0.05) is 19.3 Å². The lowest BCUT2D eigenvalue weighted by molar-refractivity contribution is -0.203. The number of hydrogen-bond acceptors (Lipinski definition) is 6. The number of unbranched alkanes of at least 4 members (excludes halogenated alkanes) is 3. The Morgan fingerprint density at radius 1 is 0.538 bits per heavy atom. The van der Waals surface area contributed by atoms with Gasteiger partial charge in [0.25, 0.3) is 5.41 Å². The summed E-state index contributed by atoms with van der Waals surface area (Å²) in [6, 6.07) is 0. The highest BCUT2D eigenvalue weighted by Gasteiger charge is 2.76. The third-order valence-electron chi connectivity index (χ3n) is 4.03. The van der Waals surface area contributed by atoms with Crippen molar-refractivity contribution in [3.05, 3.63) is 0 Å². The molecule has 0 aliphatic carbocycles. The van der Waals surface area contributed by atoms with Crippen molar-refractivity contribution in [2.24, 2.45) is 10.8 Å². The first-order chi connectivity index (χ1) is 11.9. The van der Waals surface area contributed by atoms with E-state index in [-0.39, 0.29) is 32.1 Å². The molecule has 0 radical (unpaired) electrons. The van der Waals surface area contributed by atoms with Crippen LogP contribution < -0.4 is 0 Å². The first kappa shape index (κ1) is 22.8. The van der Waals surface area contributed by atoms with Crippen molar-refractivity contribution in [2.75, 3.05) is 0 Å². The average Bonchev–Trinajstić information content (AvgIpc) is 2.46. The van der Waals surface area contributed by atoms with Gasteiger partial charge >= 0.3 is 35.8 Å². The predicted octanol–water partition coefficient (Wildman–Crippen LogP) is -0.193. The van der Waals surface area contributed by atoms with E-state index in [2.05, 4.69) is 0 Å². The molecule has 26 heavy (non-hydrogen) atoms. The molecule has 0 fully saturated rings. The van der Waals surface area contributed by atoms with Crippen LogP contribution in [0.3, 0.4) is 0 Å². The minimum Gasteiger partial charge on any atom is -0.481 e. The summed E-state index contributed by atoms with van der Waals surface area (Å²) in [5, 5.41) is 54.5.